The second kappa shape index (κ2) is 14.4. The molecule has 4 fully saturated rings. The van der Waals surface area contributed by atoms with Crippen LogP contribution in [-0.4, -0.2) is 74.1 Å². The molecule has 10 nitrogen and oxygen atoms in total. The molecule has 1 saturated heterocycles. The third-order valence-electron chi connectivity index (χ3n) is 15.4. The van der Waals surface area contributed by atoms with Gasteiger partial charge in [-0.3, -0.25) is 14.4 Å². The smallest absolute Gasteiger partial charge is 0.307 e. The molecular weight excluding hydrogens is 634 g/mol. The largest absolute Gasteiger partial charge is 0.481 e. The summed E-state index contributed by atoms with van der Waals surface area (Å²) in [5, 5.41) is 13.9. The molecule has 4 aliphatic carbocycles. The molecule has 1 heterocycles. The highest BCUT2D eigenvalue weighted by molar-refractivity contribution is 5.81. The minimum Gasteiger partial charge on any atom is -0.481 e. The number of aliphatic carboxylic acids is 1. The topological polar surface area (TPSA) is 163 Å². The van der Waals surface area contributed by atoms with Crippen molar-refractivity contribution < 1.29 is 33.7 Å². The monoisotopic (exact) mass is 701 g/mol. The molecule has 5 aliphatic rings. The van der Waals surface area contributed by atoms with E-state index in [1.165, 1.54) is 12.5 Å². The van der Waals surface area contributed by atoms with E-state index in [1.54, 1.807) is 0 Å². The lowest BCUT2D eigenvalue weighted by atomic mass is 9.34. The molecule has 5 rings (SSSR count). The molecule has 2 unspecified atom stereocenters. The summed E-state index contributed by atoms with van der Waals surface area (Å²) in [7, 11) is 0. The van der Waals surface area contributed by atoms with Crippen molar-refractivity contribution in [1.29, 1.82) is 0 Å². The molecule has 0 aromatic rings. The van der Waals surface area contributed by atoms with Gasteiger partial charge in [0.2, 0.25) is 5.91 Å². The van der Waals surface area contributed by atoms with Gasteiger partial charge in [-0.2, -0.15) is 0 Å². The number of carbonyl (C=O) groups is 3. The number of carboxylic acid groups (broad SMARTS) is 1. The first-order valence-corrected chi connectivity index (χ1v) is 19.5. The van der Waals surface area contributed by atoms with E-state index < -0.39 is 41.0 Å². The maximum atomic E-state index is 13.4. The average molecular weight is 702 g/mol. The minimum atomic E-state index is -0.664. The number of nitrogens with one attached hydrogen (secondary N) is 1. The minimum absolute atomic E-state index is 0.197. The van der Waals surface area contributed by atoms with Gasteiger partial charge in [-0.1, -0.05) is 66.5 Å². The van der Waals surface area contributed by atoms with Crippen LogP contribution >= 0.6 is 0 Å². The van der Waals surface area contributed by atoms with Gasteiger partial charge < -0.3 is 36.1 Å². The van der Waals surface area contributed by atoms with Crippen molar-refractivity contribution >= 4 is 17.8 Å². The normalized spacial score (nSPS) is 41.9. The van der Waals surface area contributed by atoms with Crippen LogP contribution in [0.25, 0.3) is 0 Å². The van der Waals surface area contributed by atoms with Crippen molar-refractivity contribution in [2.45, 2.75) is 131 Å². The zero-order valence-electron chi connectivity index (χ0n) is 32.1. The third-order valence-corrected chi connectivity index (χ3v) is 15.4. The molecule has 284 valence electrons. The van der Waals surface area contributed by atoms with Crippen LogP contribution in [0.1, 0.15) is 113 Å². The van der Waals surface area contributed by atoms with E-state index in [9.17, 15) is 19.5 Å². The Bertz CT molecular complexity index is 1320. The Morgan fingerprint density at radius 3 is 2.42 bits per heavy atom. The number of carbonyl (C=O) groups excluding carboxylic acids is 2. The fourth-order valence-electron chi connectivity index (χ4n) is 12.3. The van der Waals surface area contributed by atoms with Gasteiger partial charge in [0.15, 0.2) is 0 Å². The SMILES string of the molecule is CC(=O)O[C@@H]1C[C@@]23COCC(C)([C@H]1OCCNC(=O)C(N)CCCCN)[C@@H]2CC[C@H]1C3=CC[C@@]2(C)[C@H](C(=O)O)[C@@](C)([C@H](C)C(C)C)CC[C@]12C. The van der Waals surface area contributed by atoms with E-state index in [-0.39, 0.29) is 52.5 Å². The van der Waals surface area contributed by atoms with Crippen LogP contribution < -0.4 is 16.8 Å². The van der Waals surface area contributed by atoms with Crippen molar-refractivity contribution in [3.8, 4) is 0 Å². The van der Waals surface area contributed by atoms with E-state index >= 15 is 0 Å². The highest BCUT2D eigenvalue weighted by atomic mass is 16.6. The molecule has 10 heteroatoms. The average Bonchev–Trinajstić information content (AvgIpc) is 3.03. The standard InChI is InChI=1S/C40H67N3O7/c1-24(2)25(3)36(5)16-17-38(7)27-12-13-31-37(6)22-48-23-40(31,28(27)14-15-39(38,8)32(36)35(46)47)21-30(50-26(4)44)33(37)49-20-19-43-34(45)29(42)11-9-10-18-41/h14,24-25,27,29-33H,9-13,15-23,41-42H2,1-8H3,(H,43,45)(H,46,47)/t25-,27+,29?,30-,31+,32-,33+,36-,37?,38-,39+,40+/m1/s1. The first-order valence-electron chi connectivity index (χ1n) is 19.5. The number of esters is 1. The predicted octanol–water partition coefficient (Wildman–Crippen LogP) is 5.46. The second-order valence-electron chi connectivity index (χ2n) is 18.2. The van der Waals surface area contributed by atoms with Gasteiger partial charge in [-0.05, 0) is 97.8 Å². The summed E-state index contributed by atoms with van der Waals surface area (Å²) in [5.41, 5.74) is 11.4. The molecule has 6 N–H and O–H groups in total. The number of unbranched alkanes of at least 4 members (excludes halogenated alkanes) is 1. The number of fused-ring (bicyclic) bond motifs is 3. The number of allylic oxidation sites excluding steroid dienone is 1. The fraction of sp³-hybridized carbons (Fsp3) is 0.875. The number of nitrogens with two attached hydrogens (primary N) is 2. The van der Waals surface area contributed by atoms with E-state index in [2.05, 4.69) is 59.9 Å². The Morgan fingerprint density at radius 1 is 1.06 bits per heavy atom. The Hall–Kier alpha value is -2.01. The molecule has 50 heavy (non-hydrogen) atoms. The lowest BCUT2D eigenvalue weighted by Gasteiger charge is -2.71. The molecule has 1 aliphatic heterocycles. The summed E-state index contributed by atoms with van der Waals surface area (Å²) in [4.78, 5) is 38.6. The van der Waals surface area contributed by atoms with Crippen molar-refractivity contribution in [2.75, 3.05) is 32.9 Å². The predicted molar refractivity (Wildman–Crippen MR) is 193 cm³/mol. The molecule has 0 radical (unpaired) electrons. The summed E-state index contributed by atoms with van der Waals surface area (Å²) in [6, 6.07) is -0.583. The molecule has 3 saturated carbocycles. The van der Waals surface area contributed by atoms with Crippen molar-refractivity contribution in [2.24, 2.45) is 68.1 Å². The summed E-state index contributed by atoms with van der Waals surface area (Å²) >= 11 is 0. The van der Waals surface area contributed by atoms with Crippen LogP contribution in [0.5, 0.6) is 0 Å². The number of amides is 1. The third kappa shape index (κ3) is 6.26. The number of hydrogen-bond acceptors (Lipinski definition) is 8. The zero-order chi connectivity index (χ0) is 36.9. The van der Waals surface area contributed by atoms with Crippen molar-refractivity contribution in [1.82, 2.24) is 5.32 Å². The number of ether oxygens (including phenoxy) is 3. The number of carboxylic acids is 1. The van der Waals surface area contributed by atoms with E-state index in [4.69, 9.17) is 25.7 Å². The van der Waals surface area contributed by atoms with Gasteiger partial charge in [0.1, 0.15) is 12.2 Å². The maximum Gasteiger partial charge on any atom is 0.307 e. The molecule has 1 amide bonds. The summed E-state index contributed by atoms with van der Waals surface area (Å²) < 4.78 is 19.3. The lowest BCUT2D eigenvalue weighted by molar-refractivity contribution is -0.266. The van der Waals surface area contributed by atoms with E-state index in [0.717, 1.165) is 38.5 Å². The Balaban J connectivity index is 1.43. The summed E-state index contributed by atoms with van der Waals surface area (Å²) in [6.07, 6.45) is 8.94. The van der Waals surface area contributed by atoms with Gasteiger partial charge in [0.25, 0.3) is 0 Å². The number of rotatable bonds is 13. The van der Waals surface area contributed by atoms with Gasteiger partial charge in [0, 0.05) is 24.3 Å². The molecule has 0 spiro atoms. The van der Waals surface area contributed by atoms with Crippen molar-refractivity contribution in [3.05, 3.63) is 11.6 Å². The van der Waals surface area contributed by atoms with Crippen LogP contribution in [0.3, 0.4) is 0 Å². The van der Waals surface area contributed by atoms with Gasteiger partial charge >= 0.3 is 11.9 Å². The lowest BCUT2D eigenvalue weighted by Crippen LogP contribution is -2.70. The highest BCUT2D eigenvalue weighted by Crippen LogP contribution is 2.75. The highest BCUT2D eigenvalue weighted by Gasteiger charge is 2.72. The first-order chi connectivity index (χ1) is 23.4. The number of hydrogen-bond donors (Lipinski definition) is 4. The molecule has 12 atom stereocenters. The molecular formula is C40H67N3O7. The van der Waals surface area contributed by atoms with Crippen molar-refractivity contribution in [3.63, 3.8) is 0 Å². The van der Waals surface area contributed by atoms with E-state index in [1.807, 2.05) is 0 Å². The summed E-state index contributed by atoms with van der Waals surface area (Å²) in [6.45, 7) is 19.5. The molecule has 2 bridgehead atoms. The zero-order valence-corrected chi connectivity index (χ0v) is 32.1. The Kier molecular flexibility index (Phi) is 11.3. The quantitative estimate of drug-likeness (QED) is 0.111. The van der Waals surface area contributed by atoms with Crippen LogP contribution in [-0.2, 0) is 28.6 Å². The summed E-state index contributed by atoms with van der Waals surface area (Å²) in [5.74, 6) is -0.496. The van der Waals surface area contributed by atoms with Crippen LogP contribution in [0.15, 0.2) is 11.6 Å². The van der Waals surface area contributed by atoms with Crippen LogP contribution in [0, 0.1) is 56.7 Å². The maximum absolute atomic E-state index is 13.4. The van der Waals surface area contributed by atoms with Crippen LogP contribution in [0.2, 0.25) is 0 Å². The fourth-order valence-corrected chi connectivity index (χ4v) is 12.3. The van der Waals surface area contributed by atoms with Gasteiger partial charge in [-0.15, -0.1) is 0 Å². The second-order valence-corrected chi connectivity index (χ2v) is 18.2. The van der Waals surface area contributed by atoms with Gasteiger partial charge in [0.05, 0.1) is 31.8 Å². The van der Waals surface area contributed by atoms with Gasteiger partial charge in [-0.25, -0.2) is 0 Å². The molecule has 0 aromatic carbocycles. The van der Waals surface area contributed by atoms with E-state index in [0.29, 0.717) is 51.5 Å². The first kappa shape index (κ1) is 39.2. The van der Waals surface area contributed by atoms with Crippen LogP contribution in [0.4, 0.5) is 0 Å². The molecule has 0 aromatic heterocycles. The Labute approximate surface area is 300 Å². The Morgan fingerprint density at radius 2 is 1.78 bits per heavy atom.